The molecular formula is C18H19FO4. The van der Waals surface area contributed by atoms with Crippen LogP contribution in [0, 0.1) is 5.82 Å². The van der Waals surface area contributed by atoms with E-state index in [4.69, 9.17) is 14.2 Å². The molecular weight excluding hydrogens is 299 g/mol. The van der Waals surface area contributed by atoms with E-state index in [1.54, 1.807) is 30.3 Å². The van der Waals surface area contributed by atoms with E-state index in [-0.39, 0.29) is 5.82 Å². The minimum atomic E-state index is -0.289. The Morgan fingerprint density at radius 3 is 2.39 bits per heavy atom. The van der Waals surface area contributed by atoms with Crippen LogP contribution in [0.5, 0.6) is 17.2 Å². The van der Waals surface area contributed by atoms with E-state index in [2.05, 4.69) is 0 Å². The maximum atomic E-state index is 12.8. The van der Waals surface area contributed by atoms with Gasteiger partial charge in [0.25, 0.3) is 0 Å². The van der Waals surface area contributed by atoms with E-state index in [1.165, 1.54) is 12.1 Å². The van der Waals surface area contributed by atoms with E-state index in [0.717, 1.165) is 6.29 Å². The number of ether oxygens (including phenoxy) is 3. The van der Waals surface area contributed by atoms with Gasteiger partial charge in [-0.2, -0.15) is 0 Å². The van der Waals surface area contributed by atoms with Gasteiger partial charge >= 0.3 is 0 Å². The first kappa shape index (κ1) is 16.8. The lowest BCUT2D eigenvalue weighted by molar-refractivity contribution is 0.112. The summed E-state index contributed by atoms with van der Waals surface area (Å²) in [4.78, 5) is 10.8. The van der Waals surface area contributed by atoms with Crippen molar-refractivity contribution < 1.29 is 23.4 Å². The maximum Gasteiger partial charge on any atom is 0.161 e. The summed E-state index contributed by atoms with van der Waals surface area (Å²) in [6, 6.07) is 10.9. The van der Waals surface area contributed by atoms with Crippen LogP contribution in [0.15, 0.2) is 42.5 Å². The Kier molecular flexibility index (Phi) is 6.41. The van der Waals surface area contributed by atoms with Crippen LogP contribution in [0.3, 0.4) is 0 Å². The van der Waals surface area contributed by atoms with Crippen molar-refractivity contribution in [2.24, 2.45) is 0 Å². The molecule has 4 nitrogen and oxygen atoms in total. The average Bonchev–Trinajstić information content (AvgIpc) is 2.57. The van der Waals surface area contributed by atoms with E-state index in [1.807, 2.05) is 6.92 Å². The smallest absolute Gasteiger partial charge is 0.161 e. The van der Waals surface area contributed by atoms with Gasteiger partial charge in [-0.25, -0.2) is 4.39 Å². The summed E-state index contributed by atoms with van der Waals surface area (Å²) in [5.41, 5.74) is 0.542. The minimum absolute atomic E-state index is 0.289. The van der Waals surface area contributed by atoms with Crippen LogP contribution < -0.4 is 14.2 Å². The molecule has 0 atom stereocenters. The summed E-state index contributed by atoms with van der Waals surface area (Å²) >= 11 is 0. The molecule has 0 saturated heterocycles. The first-order chi connectivity index (χ1) is 11.2. The van der Waals surface area contributed by atoms with Gasteiger partial charge in [-0.3, -0.25) is 4.79 Å². The second-order valence-corrected chi connectivity index (χ2v) is 4.76. The SMILES string of the molecule is CCOc1cc(C=O)ccc1OCCCOc1ccc(F)cc1. The first-order valence-electron chi connectivity index (χ1n) is 7.46. The number of hydrogen-bond donors (Lipinski definition) is 0. The van der Waals surface area contributed by atoms with Gasteiger partial charge in [0.2, 0.25) is 0 Å². The second kappa shape index (κ2) is 8.78. The van der Waals surface area contributed by atoms with Gasteiger partial charge < -0.3 is 14.2 Å². The van der Waals surface area contributed by atoms with Gasteiger partial charge in [0.1, 0.15) is 17.9 Å². The van der Waals surface area contributed by atoms with Crippen molar-refractivity contribution in [3.63, 3.8) is 0 Å². The monoisotopic (exact) mass is 318 g/mol. The minimum Gasteiger partial charge on any atom is -0.493 e. The summed E-state index contributed by atoms with van der Waals surface area (Å²) in [5, 5.41) is 0. The highest BCUT2D eigenvalue weighted by molar-refractivity contribution is 5.76. The molecule has 0 aliphatic heterocycles. The number of carbonyl (C=O) groups is 1. The Hall–Kier alpha value is -2.56. The fourth-order valence-electron chi connectivity index (χ4n) is 1.95. The third-order valence-corrected chi connectivity index (χ3v) is 3.03. The molecule has 0 aliphatic rings. The highest BCUT2D eigenvalue weighted by atomic mass is 19.1. The molecule has 0 N–H and O–H groups in total. The quantitative estimate of drug-likeness (QED) is 0.520. The van der Waals surface area contributed by atoms with Crippen LogP contribution in [-0.4, -0.2) is 26.1 Å². The lowest BCUT2D eigenvalue weighted by Gasteiger charge is -2.12. The van der Waals surface area contributed by atoms with Gasteiger partial charge in [0, 0.05) is 12.0 Å². The van der Waals surface area contributed by atoms with E-state index < -0.39 is 0 Å². The Balaban J connectivity index is 1.79. The van der Waals surface area contributed by atoms with Crippen molar-refractivity contribution in [1.29, 1.82) is 0 Å². The molecule has 0 amide bonds. The zero-order valence-corrected chi connectivity index (χ0v) is 13.0. The number of rotatable bonds is 9. The lowest BCUT2D eigenvalue weighted by Crippen LogP contribution is -2.06. The number of benzene rings is 2. The zero-order valence-electron chi connectivity index (χ0n) is 13.0. The summed E-state index contributed by atoms with van der Waals surface area (Å²) in [6.07, 6.45) is 1.43. The number of carbonyl (C=O) groups excluding carboxylic acids is 1. The van der Waals surface area contributed by atoms with Crippen molar-refractivity contribution in [3.05, 3.63) is 53.8 Å². The Morgan fingerprint density at radius 2 is 1.70 bits per heavy atom. The fourth-order valence-corrected chi connectivity index (χ4v) is 1.95. The van der Waals surface area contributed by atoms with Crippen LogP contribution in [0.2, 0.25) is 0 Å². The molecule has 0 saturated carbocycles. The van der Waals surface area contributed by atoms with Crippen molar-refractivity contribution in [2.45, 2.75) is 13.3 Å². The fraction of sp³-hybridized carbons (Fsp3) is 0.278. The van der Waals surface area contributed by atoms with Crippen LogP contribution in [0.25, 0.3) is 0 Å². The standard InChI is InChI=1S/C18H19FO4/c1-2-21-18-12-14(13-20)4-9-17(18)23-11-3-10-22-16-7-5-15(19)6-8-16/h4-9,12-13H,2-3,10-11H2,1H3. The van der Waals surface area contributed by atoms with Crippen molar-refractivity contribution in [1.82, 2.24) is 0 Å². The molecule has 2 aromatic carbocycles. The lowest BCUT2D eigenvalue weighted by atomic mass is 10.2. The third-order valence-electron chi connectivity index (χ3n) is 3.03. The number of halogens is 1. The topological polar surface area (TPSA) is 44.8 Å². The molecule has 2 rings (SSSR count). The van der Waals surface area contributed by atoms with Crippen molar-refractivity contribution >= 4 is 6.29 Å². The Labute approximate surface area is 134 Å². The highest BCUT2D eigenvalue weighted by Gasteiger charge is 2.06. The number of hydrogen-bond acceptors (Lipinski definition) is 4. The molecule has 0 heterocycles. The first-order valence-corrected chi connectivity index (χ1v) is 7.46. The molecule has 23 heavy (non-hydrogen) atoms. The zero-order chi connectivity index (χ0) is 16.5. The predicted octanol–water partition coefficient (Wildman–Crippen LogP) is 3.88. The largest absolute Gasteiger partial charge is 0.493 e. The van der Waals surface area contributed by atoms with Gasteiger partial charge in [-0.1, -0.05) is 0 Å². The second-order valence-electron chi connectivity index (χ2n) is 4.76. The van der Waals surface area contributed by atoms with Gasteiger partial charge in [-0.05, 0) is 49.4 Å². The highest BCUT2D eigenvalue weighted by Crippen LogP contribution is 2.28. The van der Waals surface area contributed by atoms with Crippen molar-refractivity contribution in [3.8, 4) is 17.2 Å². The molecule has 5 heteroatoms. The summed E-state index contributed by atoms with van der Waals surface area (Å²) < 4.78 is 29.4. The summed E-state index contributed by atoms with van der Waals surface area (Å²) in [5.74, 6) is 1.48. The van der Waals surface area contributed by atoms with Crippen LogP contribution in [0.4, 0.5) is 4.39 Å². The van der Waals surface area contributed by atoms with Gasteiger partial charge in [0.05, 0.1) is 19.8 Å². The summed E-state index contributed by atoms with van der Waals surface area (Å²) in [6.45, 7) is 3.27. The molecule has 0 unspecified atom stereocenters. The molecule has 0 aromatic heterocycles. The van der Waals surface area contributed by atoms with E-state index in [9.17, 15) is 9.18 Å². The molecule has 0 aliphatic carbocycles. The van der Waals surface area contributed by atoms with Crippen LogP contribution in [0.1, 0.15) is 23.7 Å². The van der Waals surface area contributed by atoms with Crippen molar-refractivity contribution in [2.75, 3.05) is 19.8 Å². The average molecular weight is 318 g/mol. The normalized spacial score (nSPS) is 10.2. The molecule has 0 fully saturated rings. The maximum absolute atomic E-state index is 12.8. The van der Waals surface area contributed by atoms with Crippen LogP contribution in [-0.2, 0) is 0 Å². The van der Waals surface area contributed by atoms with Crippen LogP contribution >= 0.6 is 0 Å². The summed E-state index contributed by atoms with van der Waals surface area (Å²) in [7, 11) is 0. The molecule has 2 aromatic rings. The third kappa shape index (κ3) is 5.29. The van der Waals surface area contributed by atoms with E-state index in [0.29, 0.717) is 49.1 Å². The van der Waals surface area contributed by atoms with Gasteiger partial charge in [-0.15, -0.1) is 0 Å². The molecule has 0 radical (unpaired) electrons. The molecule has 122 valence electrons. The van der Waals surface area contributed by atoms with E-state index >= 15 is 0 Å². The Morgan fingerprint density at radius 1 is 0.957 bits per heavy atom. The number of aldehydes is 1. The predicted molar refractivity (Wildman–Crippen MR) is 85.0 cm³/mol. The Bertz CT molecular complexity index is 625. The van der Waals surface area contributed by atoms with Gasteiger partial charge in [0.15, 0.2) is 11.5 Å². The molecule has 0 bridgehead atoms. The molecule has 0 spiro atoms.